The summed E-state index contributed by atoms with van der Waals surface area (Å²) in [6.45, 7) is 0. The predicted octanol–water partition coefficient (Wildman–Crippen LogP) is 0.396. The monoisotopic (exact) mass is 276 g/mol. The van der Waals surface area contributed by atoms with Crippen LogP contribution in [0.15, 0.2) is 23.9 Å². The van der Waals surface area contributed by atoms with Gasteiger partial charge in [0, 0.05) is 5.70 Å². The molecule has 10 heteroatoms. The lowest BCUT2D eigenvalue weighted by Crippen LogP contribution is -2.52. The second-order valence-electron chi connectivity index (χ2n) is 3.23. The number of halogens is 3. The van der Waals surface area contributed by atoms with Crippen molar-refractivity contribution in [2.24, 2.45) is 11.5 Å². The molecular formula is C7H11F3N2O4S. The van der Waals surface area contributed by atoms with Gasteiger partial charge in [-0.05, 0) is 12.5 Å². The third kappa shape index (κ3) is 6.26. The van der Waals surface area contributed by atoms with Gasteiger partial charge in [-0.2, -0.15) is 21.6 Å². The molecule has 6 nitrogen and oxygen atoms in total. The Morgan fingerprint density at radius 3 is 2.00 bits per heavy atom. The molecule has 0 aromatic rings. The summed E-state index contributed by atoms with van der Waals surface area (Å²) >= 11 is 0. The average Bonchev–Trinajstić information content (AvgIpc) is 2.05. The Kier molecular flexibility index (Phi) is 4.71. The molecule has 0 aromatic heterocycles. The SMILES string of the molecule is NC1=CCC(N)(C(F)(F)F)C=C1.O=S(=O)(O)O. The highest BCUT2D eigenvalue weighted by Gasteiger charge is 2.49. The van der Waals surface area contributed by atoms with Crippen molar-refractivity contribution in [2.75, 3.05) is 0 Å². The summed E-state index contributed by atoms with van der Waals surface area (Å²) in [5.41, 5.74) is 8.42. The minimum absolute atomic E-state index is 0.293. The molecule has 0 bridgehead atoms. The van der Waals surface area contributed by atoms with Gasteiger partial charge in [-0.1, -0.05) is 12.2 Å². The maximum atomic E-state index is 12.2. The number of rotatable bonds is 0. The van der Waals surface area contributed by atoms with Gasteiger partial charge in [0.25, 0.3) is 0 Å². The van der Waals surface area contributed by atoms with Crippen LogP contribution in [0.25, 0.3) is 0 Å². The van der Waals surface area contributed by atoms with E-state index in [-0.39, 0.29) is 6.42 Å². The first-order chi connectivity index (χ1) is 7.35. The molecule has 1 aliphatic carbocycles. The lowest BCUT2D eigenvalue weighted by atomic mass is 9.91. The Hall–Kier alpha value is -1.10. The van der Waals surface area contributed by atoms with Crippen LogP contribution < -0.4 is 11.5 Å². The van der Waals surface area contributed by atoms with E-state index in [4.69, 9.17) is 29.0 Å². The minimum Gasteiger partial charge on any atom is -0.399 e. The van der Waals surface area contributed by atoms with Gasteiger partial charge in [0.15, 0.2) is 0 Å². The minimum atomic E-state index is -4.67. The Labute approximate surface area is 95.4 Å². The summed E-state index contributed by atoms with van der Waals surface area (Å²) in [6.07, 6.45) is -1.37. The molecule has 0 heterocycles. The highest BCUT2D eigenvalue weighted by Crippen LogP contribution is 2.34. The van der Waals surface area contributed by atoms with Crippen molar-refractivity contribution in [1.82, 2.24) is 0 Å². The summed E-state index contributed by atoms with van der Waals surface area (Å²) in [5, 5.41) is 0. The van der Waals surface area contributed by atoms with E-state index in [2.05, 4.69) is 0 Å². The fourth-order valence-electron chi connectivity index (χ4n) is 0.878. The van der Waals surface area contributed by atoms with Gasteiger partial charge < -0.3 is 11.5 Å². The molecule has 1 atom stereocenters. The second kappa shape index (κ2) is 5.04. The first-order valence-electron chi connectivity index (χ1n) is 4.05. The van der Waals surface area contributed by atoms with Gasteiger partial charge in [0.2, 0.25) is 0 Å². The van der Waals surface area contributed by atoms with Crippen molar-refractivity contribution in [2.45, 2.75) is 18.1 Å². The van der Waals surface area contributed by atoms with E-state index in [0.717, 1.165) is 6.08 Å². The van der Waals surface area contributed by atoms with Crippen molar-refractivity contribution in [3.05, 3.63) is 23.9 Å². The summed E-state index contributed by atoms with van der Waals surface area (Å²) in [5.74, 6) is 0. The van der Waals surface area contributed by atoms with Crippen LogP contribution in [0, 0.1) is 0 Å². The summed E-state index contributed by atoms with van der Waals surface area (Å²) in [4.78, 5) is 0. The van der Waals surface area contributed by atoms with Gasteiger partial charge in [0.05, 0.1) is 0 Å². The molecule has 0 saturated carbocycles. The van der Waals surface area contributed by atoms with Gasteiger partial charge in [-0.15, -0.1) is 0 Å². The number of hydrogen-bond acceptors (Lipinski definition) is 4. The molecule has 0 aromatic carbocycles. The zero-order chi connectivity index (χ0) is 13.9. The largest absolute Gasteiger partial charge is 0.410 e. The lowest BCUT2D eigenvalue weighted by Gasteiger charge is -2.29. The maximum Gasteiger partial charge on any atom is 0.410 e. The molecule has 0 aliphatic heterocycles. The zero-order valence-electron chi connectivity index (χ0n) is 8.35. The van der Waals surface area contributed by atoms with E-state index >= 15 is 0 Å². The average molecular weight is 276 g/mol. The smallest absolute Gasteiger partial charge is 0.399 e. The molecule has 0 fully saturated rings. The summed E-state index contributed by atoms with van der Waals surface area (Å²) in [7, 11) is -4.67. The molecule has 6 N–H and O–H groups in total. The molecule has 0 radical (unpaired) electrons. The van der Waals surface area contributed by atoms with E-state index in [9.17, 15) is 13.2 Å². The van der Waals surface area contributed by atoms with Gasteiger partial charge in [0.1, 0.15) is 5.54 Å². The van der Waals surface area contributed by atoms with Crippen molar-refractivity contribution >= 4 is 10.4 Å². The number of hydrogen-bond donors (Lipinski definition) is 4. The second-order valence-corrected chi connectivity index (χ2v) is 4.12. The Balaban J connectivity index is 0.000000437. The van der Waals surface area contributed by atoms with Crippen LogP contribution in [0.1, 0.15) is 6.42 Å². The standard InChI is InChI=1S/C7H9F3N2.H2O4S/c8-7(9,10)6(12)3-1-5(11)2-4-6;1-5(2,3)4/h1-3H,4,11-12H2;(H2,1,2,3,4). The maximum absolute atomic E-state index is 12.2. The molecule has 1 aliphatic rings. The number of nitrogens with two attached hydrogens (primary N) is 2. The van der Waals surface area contributed by atoms with E-state index in [1.54, 1.807) is 0 Å². The van der Waals surface area contributed by atoms with Crippen LogP contribution in [0.3, 0.4) is 0 Å². The highest BCUT2D eigenvalue weighted by atomic mass is 32.3. The first kappa shape index (κ1) is 15.9. The molecular weight excluding hydrogens is 265 g/mol. The van der Waals surface area contributed by atoms with E-state index in [1.807, 2.05) is 0 Å². The van der Waals surface area contributed by atoms with Crippen LogP contribution in [-0.4, -0.2) is 29.2 Å². The molecule has 17 heavy (non-hydrogen) atoms. The zero-order valence-corrected chi connectivity index (χ0v) is 9.16. The molecule has 0 spiro atoms. The molecule has 0 saturated heterocycles. The molecule has 0 amide bonds. The van der Waals surface area contributed by atoms with Gasteiger partial charge in [-0.25, -0.2) is 0 Å². The quantitative estimate of drug-likeness (QED) is 0.474. The third-order valence-corrected chi connectivity index (χ3v) is 1.78. The number of alkyl halides is 3. The molecule has 1 unspecified atom stereocenters. The van der Waals surface area contributed by atoms with Crippen molar-refractivity contribution in [1.29, 1.82) is 0 Å². The molecule has 1 rings (SSSR count). The van der Waals surface area contributed by atoms with Crippen LogP contribution in [0.5, 0.6) is 0 Å². The normalized spacial score (nSPS) is 24.7. The highest BCUT2D eigenvalue weighted by molar-refractivity contribution is 7.79. The lowest BCUT2D eigenvalue weighted by molar-refractivity contribution is -0.170. The first-order valence-corrected chi connectivity index (χ1v) is 5.45. The fourth-order valence-corrected chi connectivity index (χ4v) is 0.878. The Morgan fingerprint density at radius 2 is 1.76 bits per heavy atom. The van der Waals surface area contributed by atoms with E-state index in [0.29, 0.717) is 5.70 Å². The van der Waals surface area contributed by atoms with Crippen LogP contribution in [0.4, 0.5) is 13.2 Å². The number of allylic oxidation sites excluding steroid dienone is 1. The summed E-state index contributed by atoms with van der Waals surface area (Å²) in [6, 6.07) is 0. The Morgan fingerprint density at radius 1 is 1.35 bits per heavy atom. The van der Waals surface area contributed by atoms with Crippen molar-refractivity contribution < 1.29 is 30.7 Å². The summed E-state index contributed by atoms with van der Waals surface area (Å²) < 4.78 is 68.2. The van der Waals surface area contributed by atoms with Crippen LogP contribution in [-0.2, 0) is 10.4 Å². The van der Waals surface area contributed by atoms with Crippen LogP contribution >= 0.6 is 0 Å². The third-order valence-electron chi connectivity index (χ3n) is 1.78. The topological polar surface area (TPSA) is 127 Å². The van der Waals surface area contributed by atoms with Crippen LogP contribution in [0.2, 0.25) is 0 Å². The van der Waals surface area contributed by atoms with Crippen molar-refractivity contribution in [3.63, 3.8) is 0 Å². The fraction of sp³-hybridized carbons (Fsp3) is 0.429. The van der Waals surface area contributed by atoms with E-state index < -0.39 is 22.1 Å². The van der Waals surface area contributed by atoms with Gasteiger partial charge in [-0.3, -0.25) is 9.11 Å². The predicted molar refractivity (Wildman–Crippen MR) is 53.2 cm³/mol. The Bertz CT molecular complexity index is 421. The van der Waals surface area contributed by atoms with Gasteiger partial charge >= 0.3 is 16.6 Å². The van der Waals surface area contributed by atoms with Crippen molar-refractivity contribution in [3.8, 4) is 0 Å². The molecule has 100 valence electrons. The van der Waals surface area contributed by atoms with E-state index in [1.165, 1.54) is 12.2 Å².